The van der Waals surface area contributed by atoms with Crippen molar-refractivity contribution in [1.82, 2.24) is 4.90 Å². The van der Waals surface area contributed by atoms with Crippen LogP contribution in [0.4, 0.5) is 16.2 Å². The van der Waals surface area contributed by atoms with Crippen LogP contribution in [0.1, 0.15) is 46.1 Å². The lowest BCUT2D eigenvalue weighted by Crippen LogP contribution is -2.50. The lowest BCUT2D eigenvalue weighted by atomic mass is 10.2. The largest absolute Gasteiger partial charge is 0.444 e. The number of unbranched alkanes of at least 4 members (excludes halogenated alkanes) is 1. The maximum absolute atomic E-state index is 14.0. The number of benzene rings is 2. The van der Waals surface area contributed by atoms with Gasteiger partial charge in [-0.25, -0.2) is 13.2 Å². The predicted molar refractivity (Wildman–Crippen MR) is 160 cm³/mol. The van der Waals surface area contributed by atoms with Gasteiger partial charge in [-0.15, -0.1) is 11.3 Å². The molecule has 206 valence electrons. The summed E-state index contributed by atoms with van der Waals surface area (Å²) in [6, 6.07) is 13.6. The van der Waals surface area contributed by atoms with Crippen LogP contribution in [0.15, 0.2) is 51.1 Å². The highest BCUT2D eigenvalue weighted by molar-refractivity contribution is 9.10. The number of carbonyl (C=O) groups is 1. The first-order valence-corrected chi connectivity index (χ1v) is 16.0. The molecule has 0 radical (unpaired) electrons. The van der Waals surface area contributed by atoms with Crippen LogP contribution in [0.3, 0.4) is 0 Å². The van der Waals surface area contributed by atoms with Crippen molar-refractivity contribution in [2.75, 3.05) is 41.9 Å². The van der Waals surface area contributed by atoms with Crippen molar-refractivity contribution >= 4 is 64.8 Å². The van der Waals surface area contributed by atoms with Crippen LogP contribution in [0.25, 0.3) is 10.1 Å². The van der Waals surface area contributed by atoms with Crippen LogP contribution in [0.5, 0.6) is 0 Å². The fourth-order valence-corrected chi connectivity index (χ4v) is 8.22. The Balaban J connectivity index is 1.54. The number of nitrogens with zero attached hydrogens (tertiary/aromatic N) is 3. The second-order valence-electron chi connectivity index (χ2n) is 10.6. The molecule has 1 amide bonds. The summed E-state index contributed by atoms with van der Waals surface area (Å²) in [4.78, 5) is 16.3. The molecule has 7 nitrogen and oxygen atoms in total. The van der Waals surface area contributed by atoms with E-state index in [1.807, 2.05) is 70.2 Å². The van der Waals surface area contributed by atoms with Gasteiger partial charge >= 0.3 is 6.09 Å². The fraction of sp³-hybridized carbons (Fsp3) is 0.464. The average molecular weight is 623 g/mol. The maximum atomic E-state index is 14.0. The standard InChI is InChI=1S/C28H36BrN3O4S2/c1-6-7-14-32(38(34,35)26-20(2)24-19-21(29)8-13-25(24)37-26)23-11-9-22(10-12-23)30-15-17-31(18-16-30)27(33)36-28(3,4)5/h8-13,19H,6-7,14-18H2,1-5H3. The number of anilines is 2. The van der Waals surface area contributed by atoms with E-state index in [2.05, 4.69) is 27.8 Å². The minimum Gasteiger partial charge on any atom is -0.444 e. The molecule has 0 saturated carbocycles. The molecule has 1 aliphatic heterocycles. The van der Waals surface area contributed by atoms with Gasteiger partial charge in [0.2, 0.25) is 0 Å². The molecule has 0 spiro atoms. The van der Waals surface area contributed by atoms with Crippen LogP contribution in [0.2, 0.25) is 0 Å². The van der Waals surface area contributed by atoms with E-state index in [1.54, 1.807) is 9.21 Å². The molecule has 0 N–H and O–H groups in total. The Labute approximate surface area is 238 Å². The van der Waals surface area contributed by atoms with Crippen molar-refractivity contribution in [3.05, 3.63) is 52.5 Å². The van der Waals surface area contributed by atoms with Gasteiger partial charge < -0.3 is 14.5 Å². The molecule has 0 bridgehead atoms. The summed E-state index contributed by atoms with van der Waals surface area (Å²) >= 11 is 4.83. The topological polar surface area (TPSA) is 70.2 Å². The van der Waals surface area contributed by atoms with E-state index in [1.165, 1.54) is 11.3 Å². The van der Waals surface area contributed by atoms with Crippen LogP contribution in [-0.2, 0) is 14.8 Å². The number of hydrogen-bond acceptors (Lipinski definition) is 6. The van der Waals surface area contributed by atoms with Gasteiger partial charge in [-0.2, -0.15) is 0 Å². The highest BCUT2D eigenvalue weighted by atomic mass is 79.9. The van der Waals surface area contributed by atoms with Crippen LogP contribution < -0.4 is 9.21 Å². The van der Waals surface area contributed by atoms with E-state index in [4.69, 9.17) is 4.74 Å². The first-order chi connectivity index (χ1) is 17.9. The van der Waals surface area contributed by atoms with Gasteiger partial charge in [0.1, 0.15) is 9.81 Å². The second kappa shape index (κ2) is 11.4. The number of halogens is 1. The minimum atomic E-state index is -3.74. The summed E-state index contributed by atoms with van der Waals surface area (Å²) in [6.07, 6.45) is 1.38. The van der Waals surface area contributed by atoms with Crippen molar-refractivity contribution in [3.8, 4) is 0 Å². The summed E-state index contributed by atoms with van der Waals surface area (Å²) < 4.78 is 37.3. The number of fused-ring (bicyclic) bond motifs is 1. The average Bonchev–Trinajstić information content (AvgIpc) is 3.20. The number of amides is 1. The number of ether oxygens (including phenoxy) is 1. The summed E-state index contributed by atoms with van der Waals surface area (Å²) in [5.41, 5.74) is 1.94. The molecule has 4 rings (SSSR count). The van der Waals surface area contributed by atoms with E-state index in [-0.39, 0.29) is 6.09 Å². The third-order valence-corrected chi connectivity index (χ3v) is 10.7. The summed E-state index contributed by atoms with van der Waals surface area (Å²) in [5.74, 6) is 0. The lowest BCUT2D eigenvalue weighted by Gasteiger charge is -2.37. The zero-order chi connectivity index (χ0) is 27.7. The van der Waals surface area contributed by atoms with Crippen LogP contribution >= 0.6 is 27.3 Å². The molecule has 1 aromatic heterocycles. The number of sulfonamides is 1. The van der Waals surface area contributed by atoms with Crippen molar-refractivity contribution in [3.63, 3.8) is 0 Å². The Bertz CT molecular complexity index is 1390. The van der Waals surface area contributed by atoms with Crippen LogP contribution in [-0.4, -0.2) is 57.7 Å². The van der Waals surface area contributed by atoms with Gasteiger partial charge in [0.25, 0.3) is 10.0 Å². The van der Waals surface area contributed by atoms with Gasteiger partial charge in [-0.3, -0.25) is 4.31 Å². The molecule has 10 heteroatoms. The van der Waals surface area contributed by atoms with Crippen LogP contribution in [0, 0.1) is 6.92 Å². The second-order valence-corrected chi connectivity index (χ2v) is 14.6. The van der Waals surface area contributed by atoms with Gasteiger partial charge in [-0.05, 0) is 87.5 Å². The Hall–Kier alpha value is -2.30. The molecule has 2 aromatic carbocycles. The molecule has 1 aliphatic rings. The van der Waals surface area contributed by atoms with E-state index in [9.17, 15) is 13.2 Å². The van der Waals surface area contributed by atoms with Gasteiger partial charge in [0, 0.05) is 47.6 Å². The summed E-state index contributed by atoms with van der Waals surface area (Å²) in [6.45, 7) is 12.5. The molecular formula is C28H36BrN3O4S2. The van der Waals surface area contributed by atoms with Crippen molar-refractivity contribution < 1.29 is 17.9 Å². The molecule has 1 fully saturated rings. The predicted octanol–water partition coefficient (Wildman–Crippen LogP) is 7.02. The Morgan fingerprint density at radius 3 is 2.34 bits per heavy atom. The van der Waals surface area contributed by atoms with Crippen molar-refractivity contribution in [2.45, 2.75) is 57.3 Å². The minimum absolute atomic E-state index is 0.284. The normalized spacial score (nSPS) is 14.7. The Kier molecular flexibility index (Phi) is 8.64. The van der Waals surface area contributed by atoms with Gasteiger partial charge in [0.15, 0.2) is 0 Å². The van der Waals surface area contributed by atoms with E-state index in [0.717, 1.165) is 38.7 Å². The van der Waals surface area contributed by atoms with Crippen molar-refractivity contribution in [1.29, 1.82) is 0 Å². The van der Waals surface area contributed by atoms with E-state index in [0.29, 0.717) is 42.6 Å². The number of rotatable bonds is 7. The monoisotopic (exact) mass is 621 g/mol. The number of aryl methyl sites for hydroxylation is 1. The molecule has 0 unspecified atom stereocenters. The molecule has 0 atom stereocenters. The quantitative estimate of drug-likeness (QED) is 0.283. The van der Waals surface area contributed by atoms with Gasteiger partial charge in [-0.1, -0.05) is 29.3 Å². The third kappa shape index (κ3) is 6.29. The summed E-state index contributed by atoms with van der Waals surface area (Å²) in [7, 11) is -3.74. The molecule has 3 aromatic rings. The molecule has 1 saturated heterocycles. The number of piperazine rings is 1. The molecule has 2 heterocycles. The lowest BCUT2D eigenvalue weighted by molar-refractivity contribution is 0.0240. The SMILES string of the molecule is CCCCN(c1ccc(N2CCN(C(=O)OC(C)(C)C)CC2)cc1)S(=O)(=O)c1sc2ccc(Br)cc2c1C. The van der Waals surface area contributed by atoms with Crippen molar-refractivity contribution in [2.24, 2.45) is 0 Å². The zero-order valence-electron chi connectivity index (χ0n) is 22.7. The highest BCUT2D eigenvalue weighted by Gasteiger charge is 2.30. The van der Waals surface area contributed by atoms with E-state index >= 15 is 0 Å². The highest BCUT2D eigenvalue weighted by Crippen LogP contribution is 2.38. The van der Waals surface area contributed by atoms with E-state index < -0.39 is 15.6 Å². The maximum Gasteiger partial charge on any atom is 0.410 e. The number of thiophene rings is 1. The molecular weight excluding hydrogens is 586 g/mol. The zero-order valence-corrected chi connectivity index (χ0v) is 25.9. The number of carbonyl (C=O) groups excluding carboxylic acids is 1. The first-order valence-electron chi connectivity index (χ1n) is 12.9. The fourth-order valence-electron chi connectivity index (χ4n) is 4.51. The smallest absolute Gasteiger partial charge is 0.410 e. The molecule has 38 heavy (non-hydrogen) atoms. The summed E-state index contributed by atoms with van der Waals surface area (Å²) in [5, 5.41) is 0.958. The Morgan fingerprint density at radius 1 is 1.08 bits per heavy atom. The third-order valence-electron chi connectivity index (χ3n) is 6.53. The Morgan fingerprint density at radius 2 is 1.74 bits per heavy atom. The van der Waals surface area contributed by atoms with Gasteiger partial charge in [0.05, 0.1) is 5.69 Å². The first kappa shape index (κ1) is 28.7. The molecule has 0 aliphatic carbocycles. The number of hydrogen-bond donors (Lipinski definition) is 0.